The average Bonchev–Trinajstić information content (AvgIpc) is 3.34. The van der Waals surface area contributed by atoms with E-state index >= 15 is 0 Å². The van der Waals surface area contributed by atoms with Gasteiger partial charge < -0.3 is 25.3 Å². The number of rotatable bonds is 7. The van der Waals surface area contributed by atoms with E-state index in [9.17, 15) is 24.0 Å². The number of anilines is 1. The smallest absolute Gasteiger partial charge is 0.410 e. The maximum atomic E-state index is 13.7. The second-order valence-corrected chi connectivity index (χ2v) is 15.3. The molecule has 1 unspecified atom stereocenters. The van der Waals surface area contributed by atoms with Crippen molar-refractivity contribution in [2.45, 2.75) is 83.4 Å². The van der Waals surface area contributed by atoms with Gasteiger partial charge in [0.1, 0.15) is 11.6 Å². The fourth-order valence-electron chi connectivity index (χ4n) is 8.38. The van der Waals surface area contributed by atoms with Gasteiger partial charge in [0.25, 0.3) is 5.91 Å². The first kappa shape index (κ1) is 32.8. The molecule has 5 aliphatic heterocycles. The Kier molecular flexibility index (Phi) is 8.23. The molecule has 5 heterocycles. The minimum absolute atomic E-state index is 0.146. The molecule has 6 aliphatic rings. The lowest BCUT2D eigenvalue weighted by Gasteiger charge is -2.56. The molecule has 12 heteroatoms. The van der Waals surface area contributed by atoms with Crippen LogP contribution in [-0.2, 0) is 25.5 Å². The van der Waals surface area contributed by atoms with Crippen molar-refractivity contribution in [2.24, 2.45) is 11.3 Å². The molecule has 0 aromatic heterocycles. The molecule has 0 radical (unpaired) electrons. The second-order valence-electron chi connectivity index (χ2n) is 15.3. The van der Waals surface area contributed by atoms with E-state index < -0.39 is 23.0 Å². The third-order valence-electron chi connectivity index (χ3n) is 10.6. The minimum Gasteiger partial charge on any atom is -0.444 e. The Bertz CT molecular complexity index is 1780. The van der Waals surface area contributed by atoms with Crippen LogP contribution in [0.15, 0.2) is 42.1 Å². The predicted octanol–water partition coefficient (Wildman–Crippen LogP) is 3.91. The van der Waals surface area contributed by atoms with E-state index in [1.807, 2.05) is 56.1 Å². The first-order valence-electron chi connectivity index (χ1n) is 17.3. The van der Waals surface area contributed by atoms with Gasteiger partial charge in [0.15, 0.2) is 0 Å². The topological polar surface area (TPSA) is 152 Å². The van der Waals surface area contributed by atoms with Crippen molar-refractivity contribution in [3.63, 3.8) is 0 Å². The number of ether oxygens (including phenoxy) is 1. The summed E-state index contributed by atoms with van der Waals surface area (Å²) in [5.74, 6) is -0.541. The molecule has 12 nitrogen and oxygen atoms in total. The number of benzene rings is 2. The summed E-state index contributed by atoms with van der Waals surface area (Å²) in [5, 5.41) is 15.7. The van der Waals surface area contributed by atoms with Crippen LogP contribution in [0.1, 0.15) is 75.2 Å². The van der Waals surface area contributed by atoms with E-state index in [1.165, 1.54) is 11.1 Å². The first-order chi connectivity index (χ1) is 23.4. The van der Waals surface area contributed by atoms with Crippen LogP contribution in [-0.4, -0.2) is 89.6 Å². The highest BCUT2D eigenvalue weighted by Gasteiger charge is 2.57. The molecule has 5 amide bonds. The number of carbonyl (C=O) groups excluding carboxylic acids is 5. The van der Waals surface area contributed by atoms with Crippen LogP contribution in [0.25, 0.3) is 10.8 Å². The van der Waals surface area contributed by atoms with Crippen molar-refractivity contribution in [1.29, 1.82) is 5.41 Å². The summed E-state index contributed by atoms with van der Waals surface area (Å²) in [4.78, 5) is 69.6. The van der Waals surface area contributed by atoms with Gasteiger partial charge in [0.2, 0.25) is 17.7 Å². The third-order valence-corrected chi connectivity index (χ3v) is 10.6. The van der Waals surface area contributed by atoms with Crippen molar-refractivity contribution in [3.05, 3.63) is 53.2 Å². The van der Waals surface area contributed by atoms with Crippen LogP contribution in [0.2, 0.25) is 0 Å². The summed E-state index contributed by atoms with van der Waals surface area (Å²) in [5.41, 5.74) is 1.85. The molecule has 4 saturated heterocycles. The highest BCUT2D eigenvalue weighted by atomic mass is 16.6. The molecule has 8 rings (SSSR count). The Balaban J connectivity index is 0.981. The molecule has 5 fully saturated rings. The van der Waals surface area contributed by atoms with Gasteiger partial charge in [-0.15, -0.1) is 0 Å². The van der Waals surface area contributed by atoms with Gasteiger partial charge in [-0.05, 0) is 87.4 Å². The van der Waals surface area contributed by atoms with Crippen molar-refractivity contribution in [2.75, 3.05) is 31.1 Å². The van der Waals surface area contributed by atoms with E-state index in [-0.39, 0.29) is 42.7 Å². The number of nitrogens with zero attached hydrogens (tertiary/aromatic N) is 3. The van der Waals surface area contributed by atoms with E-state index in [0.29, 0.717) is 49.8 Å². The molecule has 3 N–H and O–H groups in total. The maximum absolute atomic E-state index is 13.7. The van der Waals surface area contributed by atoms with Crippen LogP contribution < -0.4 is 15.5 Å². The molecule has 1 atom stereocenters. The lowest BCUT2D eigenvalue weighted by atomic mass is 9.58. The number of allylic oxidation sites excluding steroid dienone is 1. The van der Waals surface area contributed by atoms with Crippen molar-refractivity contribution < 1.29 is 28.7 Å². The fraction of sp³-hybridized carbons (Fsp3) is 0.514. The van der Waals surface area contributed by atoms with Crippen LogP contribution in [0, 0.1) is 16.7 Å². The zero-order chi connectivity index (χ0) is 34.7. The summed E-state index contributed by atoms with van der Waals surface area (Å²) in [7, 11) is 0. The van der Waals surface area contributed by atoms with Crippen LogP contribution >= 0.6 is 0 Å². The summed E-state index contributed by atoms with van der Waals surface area (Å²) in [6.45, 7) is 7.90. The number of hydrogen-bond acceptors (Lipinski definition) is 8. The van der Waals surface area contributed by atoms with Crippen LogP contribution in [0.4, 0.5) is 10.5 Å². The SMILES string of the molecule is CC(C)(C)OC(=O)N1CC2CC(C(=O)N3CCC(N/C=C(\C=N)Cc4ccc5c6c(cccc46)C(=O)N5C4CCC(=O)NC4=O)CC3)(C2)C1. The normalized spacial score (nSPS) is 25.7. The fourth-order valence-corrected chi connectivity index (χ4v) is 8.38. The van der Waals surface area contributed by atoms with E-state index in [1.54, 1.807) is 11.0 Å². The Labute approximate surface area is 285 Å². The average molecular weight is 669 g/mol. The van der Waals surface area contributed by atoms with Crippen molar-refractivity contribution in [3.8, 4) is 0 Å². The molecular formula is C37H44N6O6. The minimum atomic E-state index is -0.741. The van der Waals surface area contributed by atoms with Gasteiger partial charge in [0.05, 0.1) is 11.1 Å². The van der Waals surface area contributed by atoms with Crippen LogP contribution in [0.3, 0.4) is 0 Å². The number of carbonyl (C=O) groups is 5. The monoisotopic (exact) mass is 668 g/mol. The number of piperidine rings is 4. The molecule has 2 aromatic rings. The summed E-state index contributed by atoms with van der Waals surface area (Å²) < 4.78 is 5.59. The third kappa shape index (κ3) is 6.06. The van der Waals surface area contributed by atoms with Crippen LogP contribution in [0.5, 0.6) is 0 Å². The number of amides is 5. The van der Waals surface area contributed by atoms with E-state index in [4.69, 9.17) is 10.1 Å². The Hall–Kier alpha value is -4.74. The molecule has 1 aliphatic carbocycles. The standard InChI is InChI=1S/C37H44N6O6/c1-36(2,3)49-35(48)42-20-23-16-37(17-23,21-42)34(47)41-13-11-25(12-14-41)39-19-22(18-38)15-24-7-8-28-31-26(24)5-4-6-27(31)33(46)43(28)29-9-10-30(44)40-32(29)45/h4-8,18-19,23,25,29,38-39H,9-17,20-21H2,1-3H3,(H,40,44,45)/b22-19-,38-18?. The number of fused-ring (bicyclic) bond motifs is 2. The molecule has 258 valence electrons. The van der Waals surface area contributed by atoms with Gasteiger partial charge in [-0.25, -0.2) is 4.79 Å². The quantitative estimate of drug-likeness (QED) is 0.299. The number of likely N-dealkylation sites (tertiary alicyclic amines) is 1. The Morgan fingerprint density at radius 3 is 2.51 bits per heavy atom. The molecule has 2 aromatic carbocycles. The van der Waals surface area contributed by atoms with E-state index in [0.717, 1.165) is 47.6 Å². The molecule has 0 spiro atoms. The zero-order valence-electron chi connectivity index (χ0n) is 28.3. The lowest BCUT2D eigenvalue weighted by molar-refractivity contribution is -0.161. The first-order valence-corrected chi connectivity index (χ1v) is 17.3. The van der Waals surface area contributed by atoms with E-state index in [2.05, 4.69) is 10.6 Å². The summed E-state index contributed by atoms with van der Waals surface area (Å²) in [6, 6.07) is 8.79. The zero-order valence-corrected chi connectivity index (χ0v) is 28.3. The van der Waals surface area contributed by atoms with Gasteiger partial charge in [-0.3, -0.25) is 29.4 Å². The Morgan fingerprint density at radius 2 is 1.82 bits per heavy atom. The van der Waals surface area contributed by atoms with Gasteiger partial charge in [0, 0.05) is 68.4 Å². The van der Waals surface area contributed by atoms with Crippen molar-refractivity contribution >= 4 is 52.4 Å². The molecule has 2 bridgehead atoms. The predicted molar refractivity (Wildman–Crippen MR) is 183 cm³/mol. The van der Waals surface area contributed by atoms with Gasteiger partial charge >= 0.3 is 6.09 Å². The summed E-state index contributed by atoms with van der Waals surface area (Å²) in [6.07, 6.45) is 7.03. The molecular weight excluding hydrogens is 624 g/mol. The van der Waals surface area contributed by atoms with Gasteiger partial charge in [-0.2, -0.15) is 0 Å². The Morgan fingerprint density at radius 1 is 1.06 bits per heavy atom. The number of hydrogen-bond donors (Lipinski definition) is 3. The highest BCUT2D eigenvalue weighted by Crippen LogP contribution is 2.52. The number of nitrogens with one attached hydrogen (secondary N) is 3. The highest BCUT2D eigenvalue weighted by molar-refractivity contribution is 6.27. The second kappa shape index (κ2) is 12.3. The van der Waals surface area contributed by atoms with Crippen molar-refractivity contribution in [1.82, 2.24) is 20.4 Å². The largest absolute Gasteiger partial charge is 0.444 e. The number of imide groups is 1. The van der Waals surface area contributed by atoms with Gasteiger partial charge in [-0.1, -0.05) is 18.2 Å². The summed E-state index contributed by atoms with van der Waals surface area (Å²) >= 11 is 0. The maximum Gasteiger partial charge on any atom is 0.410 e. The lowest BCUT2D eigenvalue weighted by Crippen LogP contribution is -2.65. The molecule has 1 saturated carbocycles. The molecule has 49 heavy (non-hydrogen) atoms.